The van der Waals surface area contributed by atoms with Gasteiger partial charge in [0, 0.05) is 5.57 Å². The highest BCUT2D eigenvalue weighted by atomic mass is 16.5. The van der Waals surface area contributed by atoms with Crippen molar-refractivity contribution in [2.45, 2.75) is 33.6 Å². The van der Waals surface area contributed by atoms with E-state index in [0.717, 1.165) is 28.3 Å². The molecule has 3 nitrogen and oxygen atoms in total. The number of aryl methyl sites for hydroxylation is 1. The molecule has 0 aliphatic heterocycles. The van der Waals surface area contributed by atoms with Crippen LogP contribution in [0, 0.1) is 6.92 Å². The van der Waals surface area contributed by atoms with Gasteiger partial charge >= 0.3 is 0 Å². The van der Waals surface area contributed by atoms with Gasteiger partial charge in [-0.1, -0.05) is 56.3 Å². The summed E-state index contributed by atoms with van der Waals surface area (Å²) in [6, 6.07) is 25.8. The van der Waals surface area contributed by atoms with Crippen molar-refractivity contribution in [2.75, 3.05) is 0 Å². The van der Waals surface area contributed by atoms with E-state index in [9.17, 15) is 0 Å². The van der Waals surface area contributed by atoms with Crippen molar-refractivity contribution in [2.24, 2.45) is 4.99 Å². The first-order chi connectivity index (χ1) is 14.0. The maximum absolute atomic E-state index is 6.18. The molecule has 0 N–H and O–H groups in total. The molecule has 3 rings (SSSR count). The van der Waals surface area contributed by atoms with Crippen molar-refractivity contribution in [1.82, 2.24) is 0 Å². The van der Waals surface area contributed by atoms with E-state index in [1.165, 1.54) is 5.56 Å². The van der Waals surface area contributed by atoms with Gasteiger partial charge < -0.3 is 9.47 Å². The summed E-state index contributed by atoms with van der Waals surface area (Å²) >= 11 is 0. The fourth-order valence-corrected chi connectivity index (χ4v) is 2.76. The average molecular weight is 386 g/mol. The second-order valence-corrected chi connectivity index (χ2v) is 7.32. The topological polar surface area (TPSA) is 30.8 Å². The number of rotatable bonds is 6. The molecule has 0 fully saturated rings. The average Bonchev–Trinajstić information content (AvgIpc) is 2.72. The smallest absolute Gasteiger partial charge is 0.225 e. The van der Waals surface area contributed by atoms with E-state index in [4.69, 9.17) is 14.5 Å². The maximum Gasteiger partial charge on any atom is 0.225 e. The standard InChI is InChI=1S/C26H27NO2/c1-19(2)22-11-9-15-25(17-22)29-26(27-23-12-6-5-7-13-23)21(4)18-28-24-14-8-10-20(3)16-24/h5-19H,1-4H3. The van der Waals surface area contributed by atoms with Crippen LogP contribution in [-0.2, 0) is 0 Å². The number of hydrogen-bond donors (Lipinski definition) is 0. The van der Waals surface area contributed by atoms with Crippen LogP contribution in [0.15, 0.2) is 95.7 Å². The van der Waals surface area contributed by atoms with Crippen molar-refractivity contribution in [3.63, 3.8) is 0 Å². The van der Waals surface area contributed by atoms with Crippen LogP contribution in [0.5, 0.6) is 11.5 Å². The van der Waals surface area contributed by atoms with E-state index in [0.29, 0.717) is 11.8 Å². The highest BCUT2D eigenvalue weighted by Gasteiger charge is 2.09. The van der Waals surface area contributed by atoms with Crippen molar-refractivity contribution >= 4 is 11.6 Å². The summed E-state index contributed by atoms with van der Waals surface area (Å²) in [6.07, 6.45) is 1.68. The summed E-state index contributed by atoms with van der Waals surface area (Å²) in [6.45, 7) is 8.30. The minimum atomic E-state index is 0.425. The molecular formula is C26H27NO2. The van der Waals surface area contributed by atoms with Gasteiger partial charge in [0.2, 0.25) is 5.90 Å². The fourth-order valence-electron chi connectivity index (χ4n) is 2.76. The molecule has 0 bridgehead atoms. The van der Waals surface area contributed by atoms with E-state index < -0.39 is 0 Å². The normalized spacial score (nSPS) is 12.2. The minimum absolute atomic E-state index is 0.425. The summed E-state index contributed by atoms with van der Waals surface area (Å²) in [5, 5.41) is 0. The molecule has 0 atom stereocenters. The third kappa shape index (κ3) is 6.08. The Hall–Kier alpha value is -3.33. The van der Waals surface area contributed by atoms with Crippen molar-refractivity contribution in [3.05, 3.63) is 102 Å². The molecule has 3 heteroatoms. The Morgan fingerprint density at radius 1 is 0.862 bits per heavy atom. The first-order valence-electron chi connectivity index (χ1n) is 9.83. The van der Waals surface area contributed by atoms with E-state index in [2.05, 4.69) is 26.0 Å². The van der Waals surface area contributed by atoms with Gasteiger partial charge in [-0.15, -0.1) is 0 Å². The van der Waals surface area contributed by atoms with Gasteiger partial charge in [-0.05, 0) is 67.3 Å². The van der Waals surface area contributed by atoms with Crippen LogP contribution in [0.4, 0.5) is 5.69 Å². The Morgan fingerprint density at radius 2 is 1.59 bits per heavy atom. The Morgan fingerprint density at radius 3 is 2.31 bits per heavy atom. The minimum Gasteiger partial charge on any atom is -0.465 e. The van der Waals surface area contributed by atoms with E-state index in [1.807, 2.05) is 80.6 Å². The van der Waals surface area contributed by atoms with Gasteiger partial charge in [0.1, 0.15) is 11.5 Å². The lowest BCUT2D eigenvalue weighted by atomic mass is 10.0. The second kappa shape index (κ2) is 9.74. The highest BCUT2D eigenvalue weighted by Crippen LogP contribution is 2.23. The Balaban J connectivity index is 1.89. The summed E-state index contributed by atoms with van der Waals surface area (Å²) < 4.78 is 12.0. The summed E-state index contributed by atoms with van der Waals surface area (Å²) in [4.78, 5) is 4.70. The molecule has 0 spiro atoms. The molecule has 3 aromatic rings. The Bertz CT molecular complexity index is 1000. The van der Waals surface area contributed by atoms with Crippen molar-refractivity contribution < 1.29 is 9.47 Å². The van der Waals surface area contributed by atoms with Crippen LogP contribution in [0.3, 0.4) is 0 Å². The van der Waals surface area contributed by atoms with Gasteiger partial charge in [0.25, 0.3) is 0 Å². The zero-order valence-corrected chi connectivity index (χ0v) is 17.4. The Labute approximate surface area is 173 Å². The molecule has 0 aromatic heterocycles. The van der Waals surface area contributed by atoms with Crippen LogP contribution in [0.2, 0.25) is 0 Å². The van der Waals surface area contributed by atoms with Crippen LogP contribution >= 0.6 is 0 Å². The second-order valence-electron chi connectivity index (χ2n) is 7.32. The number of aliphatic imine (C=N–C) groups is 1. The third-order valence-electron chi connectivity index (χ3n) is 4.42. The van der Waals surface area contributed by atoms with E-state index in [-0.39, 0.29) is 0 Å². The van der Waals surface area contributed by atoms with E-state index in [1.54, 1.807) is 6.26 Å². The molecule has 0 saturated carbocycles. The van der Waals surface area contributed by atoms with Crippen LogP contribution in [0.25, 0.3) is 0 Å². The lowest BCUT2D eigenvalue weighted by Crippen LogP contribution is -2.11. The first kappa shape index (κ1) is 20.4. The summed E-state index contributed by atoms with van der Waals surface area (Å²) in [7, 11) is 0. The van der Waals surface area contributed by atoms with Crippen molar-refractivity contribution in [1.29, 1.82) is 0 Å². The van der Waals surface area contributed by atoms with Gasteiger partial charge in [0.15, 0.2) is 0 Å². The molecule has 3 aromatic carbocycles. The van der Waals surface area contributed by atoms with Gasteiger partial charge in [-0.3, -0.25) is 0 Å². The predicted molar refractivity (Wildman–Crippen MR) is 120 cm³/mol. The molecule has 0 unspecified atom stereocenters. The molecule has 0 amide bonds. The molecule has 0 radical (unpaired) electrons. The van der Waals surface area contributed by atoms with Gasteiger partial charge in [-0.2, -0.15) is 0 Å². The SMILES string of the molecule is CC(=COc1cccc(C)c1)C(=Nc1ccccc1)Oc1cccc(C(C)C)c1. The quantitative estimate of drug-likeness (QED) is 0.255. The lowest BCUT2D eigenvalue weighted by Gasteiger charge is -2.12. The molecule has 0 aliphatic rings. The Kier molecular flexibility index (Phi) is 6.85. The molecule has 0 heterocycles. The van der Waals surface area contributed by atoms with Crippen molar-refractivity contribution in [3.8, 4) is 11.5 Å². The first-order valence-corrected chi connectivity index (χ1v) is 9.83. The zero-order valence-electron chi connectivity index (χ0n) is 17.4. The van der Waals surface area contributed by atoms with Gasteiger partial charge in [-0.25, -0.2) is 4.99 Å². The zero-order chi connectivity index (χ0) is 20.6. The number of ether oxygens (including phenoxy) is 2. The largest absolute Gasteiger partial charge is 0.465 e. The summed E-state index contributed by atoms with van der Waals surface area (Å²) in [5.41, 5.74) is 3.99. The molecule has 0 saturated heterocycles. The predicted octanol–water partition coefficient (Wildman–Crippen LogP) is 7.21. The number of nitrogens with zero attached hydrogens (tertiary/aromatic N) is 1. The molecule has 148 valence electrons. The number of benzene rings is 3. The van der Waals surface area contributed by atoms with E-state index >= 15 is 0 Å². The third-order valence-corrected chi connectivity index (χ3v) is 4.42. The highest BCUT2D eigenvalue weighted by molar-refractivity contribution is 5.96. The number of para-hydroxylation sites is 1. The van der Waals surface area contributed by atoms with Gasteiger partial charge in [0.05, 0.1) is 11.9 Å². The van der Waals surface area contributed by atoms with Crippen LogP contribution in [0.1, 0.15) is 37.8 Å². The molecule has 29 heavy (non-hydrogen) atoms. The summed E-state index contributed by atoms with van der Waals surface area (Å²) in [5.74, 6) is 2.47. The number of hydrogen-bond acceptors (Lipinski definition) is 3. The maximum atomic E-state index is 6.18. The molecular weight excluding hydrogens is 358 g/mol. The van der Waals surface area contributed by atoms with Crippen LogP contribution < -0.4 is 9.47 Å². The monoisotopic (exact) mass is 385 g/mol. The van der Waals surface area contributed by atoms with Crippen LogP contribution in [-0.4, -0.2) is 5.90 Å². The fraction of sp³-hybridized carbons (Fsp3) is 0.192. The molecule has 0 aliphatic carbocycles. The lowest BCUT2D eigenvalue weighted by molar-refractivity contribution is 0.473.